The van der Waals surface area contributed by atoms with Crippen molar-refractivity contribution in [3.8, 4) is 11.1 Å². The summed E-state index contributed by atoms with van der Waals surface area (Å²) in [6, 6.07) is 17.8. The van der Waals surface area contributed by atoms with Crippen molar-refractivity contribution in [3.05, 3.63) is 71.2 Å². The summed E-state index contributed by atoms with van der Waals surface area (Å²) in [4.78, 5) is 13.1. The minimum absolute atomic E-state index is 0.122. The van der Waals surface area contributed by atoms with Gasteiger partial charge in [-0.2, -0.15) is 5.10 Å². The number of thiophene rings is 1. The molecule has 0 aliphatic carbocycles. The fourth-order valence-electron chi connectivity index (χ4n) is 3.94. The van der Waals surface area contributed by atoms with E-state index in [1.807, 2.05) is 72.4 Å². The van der Waals surface area contributed by atoms with Crippen LogP contribution in [0.1, 0.15) is 44.1 Å². The molecule has 7 nitrogen and oxygen atoms in total. The van der Waals surface area contributed by atoms with E-state index in [-0.39, 0.29) is 10.8 Å². The molecule has 0 bridgehead atoms. The normalized spacial score (nSPS) is 11.8. The molecule has 9 heteroatoms. The van der Waals surface area contributed by atoms with Gasteiger partial charge in [-0.05, 0) is 42.0 Å². The highest BCUT2D eigenvalue weighted by Gasteiger charge is 2.26. The Bertz CT molecular complexity index is 1440. The number of carbonyl (C=O) groups excluding carboxylic acids is 1. The van der Waals surface area contributed by atoms with Gasteiger partial charge in [-0.25, -0.2) is 17.9 Å². The van der Waals surface area contributed by atoms with Crippen LogP contribution in [0.3, 0.4) is 0 Å². The number of ether oxygens (including phenoxy) is 1. The number of hydrogen-bond acceptors (Lipinski definition) is 6. The highest BCUT2D eigenvalue weighted by molar-refractivity contribution is 7.92. The van der Waals surface area contributed by atoms with Gasteiger partial charge in [0.25, 0.3) is 10.0 Å². The van der Waals surface area contributed by atoms with Gasteiger partial charge in [0.05, 0.1) is 24.9 Å². The van der Waals surface area contributed by atoms with Crippen LogP contribution in [0, 0.1) is 5.92 Å². The number of aromatic nitrogens is 2. The molecule has 0 aliphatic heterocycles. The number of para-hydroxylation sites is 1. The van der Waals surface area contributed by atoms with Crippen LogP contribution in [-0.4, -0.2) is 30.9 Å². The first-order valence-corrected chi connectivity index (χ1v) is 14.4. The number of rotatable bonds is 10. The first-order valence-electron chi connectivity index (χ1n) is 12.1. The quantitative estimate of drug-likeness (QED) is 0.248. The zero-order valence-corrected chi connectivity index (χ0v) is 22.4. The molecule has 36 heavy (non-hydrogen) atoms. The lowest BCUT2D eigenvalue weighted by Crippen LogP contribution is -2.31. The Hall–Kier alpha value is -3.17. The molecule has 0 aliphatic rings. The third-order valence-corrected chi connectivity index (χ3v) is 8.70. The molecule has 2 aromatic carbocycles. The van der Waals surface area contributed by atoms with Crippen molar-refractivity contribution >= 4 is 38.4 Å². The second kappa shape index (κ2) is 11.3. The van der Waals surface area contributed by atoms with Crippen molar-refractivity contribution in [2.45, 2.75) is 50.8 Å². The first-order chi connectivity index (χ1) is 17.3. The van der Waals surface area contributed by atoms with E-state index in [4.69, 9.17) is 4.74 Å². The van der Waals surface area contributed by atoms with Crippen LogP contribution >= 0.6 is 11.3 Å². The summed E-state index contributed by atoms with van der Waals surface area (Å²) >= 11 is 1.20. The third kappa shape index (κ3) is 6.14. The molecule has 4 aromatic rings. The zero-order valence-electron chi connectivity index (χ0n) is 20.7. The van der Waals surface area contributed by atoms with Crippen molar-refractivity contribution in [1.82, 2.24) is 14.5 Å². The summed E-state index contributed by atoms with van der Waals surface area (Å²) in [5.74, 6) is 0.366. The summed E-state index contributed by atoms with van der Waals surface area (Å²) in [7, 11) is -4.09. The maximum absolute atomic E-state index is 13.2. The standard InChI is InChI=1S/C27H31N3O4S2/c1-4-5-14-34-27(31)29-36(32,33)26-24(16-23(35-26)15-19(2)3)21-12-10-20(11-13-21)18-30-25-9-7-6-8-22(25)17-28-30/h6-13,16-17,19H,4-5,14-15,18H2,1-3H3,(H,29,31). The Morgan fingerprint density at radius 1 is 1.14 bits per heavy atom. The lowest BCUT2D eigenvalue weighted by Gasteiger charge is -2.09. The lowest BCUT2D eigenvalue weighted by atomic mass is 10.0. The molecular weight excluding hydrogens is 494 g/mol. The second-order valence-electron chi connectivity index (χ2n) is 9.16. The van der Waals surface area contributed by atoms with Gasteiger partial charge < -0.3 is 4.74 Å². The molecule has 0 unspecified atom stereocenters. The van der Waals surface area contributed by atoms with Gasteiger partial charge in [-0.15, -0.1) is 11.3 Å². The molecule has 2 aromatic heterocycles. The van der Waals surface area contributed by atoms with Crippen LogP contribution in [0.15, 0.2) is 65.0 Å². The Kier molecular flexibility index (Phi) is 8.11. The van der Waals surface area contributed by atoms with E-state index in [9.17, 15) is 13.2 Å². The highest BCUT2D eigenvalue weighted by atomic mass is 32.2. The number of benzene rings is 2. The fraction of sp³-hybridized carbons (Fsp3) is 0.333. The number of fused-ring (bicyclic) bond motifs is 1. The van der Waals surface area contributed by atoms with Gasteiger partial charge in [0.1, 0.15) is 4.21 Å². The SMILES string of the molecule is CCCCOC(=O)NS(=O)(=O)c1sc(CC(C)C)cc1-c1ccc(Cn2ncc3ccccc32)cc1. The van der Waals surface area contributed by atoms with E-state index >= 15 is 0 Å². The van der Waals surface area contributed by atoms with Crippen LogP contribution < -0.4 is 4.72 Å². The van der Waals surface area contributed by atoms with E-state index in [1.165, 1.54) is 11.3 Å². The molecule has 1 amide bonds. The van der Waals surface area contributed by atoms with Gasteiger partial charge in [-0.1, -0.05) is 69.7 Å². The molecule has 4 rings (SSSR count). The minimum atomic E-state index is -4.09. The van der Waals surface area contributed by atoms with E-state index in [2.05, 4.69) is 23.7 Å². The summed E-state index contributed by atoms with van der Waals surface area (Å²) in [6.07, 6.45) is 3.17. The molecule has 0 saturated carbocycles. The van der Waals surface area contributed by atoms with Crippen molar-refractivity contribution in [2.75, 3.05) is 6.61 Å². The summed E-state index contributed by atoms with van der Waals surface area (Å²) in [5.41, 5.74) is 3.46. The fourth-order valence-corrected chi connectivity index (χ4v) is 6.78. The average molecular weight is 526 g/mol. The molecule has 0 saturated heterocycles. The van der Waals surface area contributed by atoms with Gasteiger partial charge >= 0.3 is 6.09 Å². The highest BCUT2D eigenvalue weighted by Crippen LogP contribution is 2.36. The van der Waals surface area contributed by atoms with Crippen molar-refractivity contribution < 1.29 is 17.9 Å². The van der Waals surface area contributed by atoms with E-state index in [0.717, 1.165) is 39.7 Å². The Balaban J connectivity index is 1.60. The van der Waals surface area contributed by atoms with Crippen LogP contribution in [-0.2, 0) is 27.7 Å². The zero-order chi connectivity index (χ0) is 25.7. The topological polar surface area (TPSA) is 90.3 Å². The summed E-state index contributed by atoms with van der Waals surface area (Å²) in [6.45, 7) is 6.93. The Labute approximate surface area is 216 Å². The first kappa shape index (κ1) is 25.9. The monoisotopic (exact) mass is 525 g/mol. The van der Waals surface area contributed by atoms with Crippen molar-refractivity contribution in [2.24, 2.45) is 5.92 Å². The van der Waals surface area contributed by atoms with Crippen molar-refractivity contribution in [1.29, 1.82) is 0 Å². The molecule has 0 radical (unpaired) electrons. The van der Waals surface area contributed by atoms with Gasteiger partial charge in [0.2, 0.25) is 0 Å². The van der Waals surface area contributed by atoms with Gasteiger partial charge in [0, 0.05) is 15.8 Å². The average Bonchev–Trinajstić information content (AvgIpc) is 3.44. The minimum Gasteiger partial charge on any atom is -0.449 e. The smallest absolute Gasteiger partial charge is 0.421 e. The molecule has 0 fully saturated rings. The number of nitrogens with zero attached hydrogens (tertiary/aromatic N) is 2. The van der Waals surface area contributed by atoms with E-state index in [1.54, 1.807) is 0 Å². The molecule has 0 atom stereocenters. The molecule has 2 heterocycles. The summed E-state index contributed by atoms with van der Waals surface area (Å²) in [5, 5.41) is 5.57. The maximum Gasteiger partial charge on any atom is 0.421 e. The van der Waals surface area contributed by atoms with Crippen LogP contribution in [0.5, 0.6) is 0 Å². The third-order valence-electron chi connectivity index (χ3n) is 5.70. The molecule has 0 spiro atoms. The predicted octanol–water partition coefficient (Wildman–Crippen LogP) is 6.23. The number of hydrogen-bond donors (Lipinski definition) is 1. The molecule has 190 valence electrons. The van der Waals surface area contributed by atoms with Crippen molar-refractivity contribution in [3.63, 3.8) is 0 Å². The second-order valence-corrected chi connectivity index (χ2v) is 12.2. The van der Waals surface area contributed by atoms with Gasteiger partial charge in [-0.3, -0.25) is 4.68 Å². The summed E-state index contributed by atoms with van der Waals surface area (Å²) < 4.78 is 35.5. The number of sulfonamides is 1. The number of carbonyl (C=O) groups is 1. The predicted molar refractivity (Wildman–Crippen MR) is 144 cm³/mol. The number of unbranched alkanes of at least 4 members (excludes halogenated alkanes) is 1. The maximum atomic E-state index is 13.2. The number of nitrogens with one attached hydrogen (secondary N) is 1. The largest absolute Gasteiger partial charge is 0.449 e. The lowest BCUT2D eigenvalue weighted by molar-refractivity contribution is 0.151. The van der Waals surface area contributed by atoms with E-state index < -0.39 is 16.1 Å². The molecule has 1 N–H and O–H groups in total. The Morgan fingerprint density at radius 3 is 2.61 bits per heavy atom. The van der Waals surface area contributed by atoms with Gasteiger partial charge in [0.15, 0.2) is 0 Å². The van der Waals surface area contributed by atoms with Crippen LogP contribution in [0.2, 0.25) is 0 Å². The Morgan fingerprint density at radius 2 is 1.89 bits per heavy atom. The number of amides is 1. The molecular formula is C27H31N3O4S2. The van der Waals surface area contributed by atoms with Crippen LogP contribution in [0.4, 0.5) is 4.79 Å². The van der Waals surface area contributed by atoms with E-state index in [0.29, 0.717) is 24.4 Å². The van der Waals surface area contributed by atoms with Crippen LogP contribution in [0.25, 0.3) is 22.0 Å².